The van der Waals surface area contributed by atoms with Crippen LogP contribution in [0.3, 0.4) is 0 Å². The number of amidine groups is 1. The van der Waals surface area contributed by atoms with Crippen LogP contribution in [0.15, 0.2) is 29.7 Å². The number of hydrogen-bond donors (Lipinski definition) is 2. The molecule has 1 amide bonds. The SMILES string of the molecule is CC1CC(C(=O)N(C)c2cccnc2)(/C(N)=N/O)C1. The van der Waals surface area contributed by atoms with Crippen molar-refractivity contribution in [3.63, 3.8) is 0 Å². The lowest BCUT2D eigenvalue weighted by Crippen LogP contribution is -2.57. The highest BCUT2D eigenvalue weighted by molar-refractivity contribution is 6.13. The van der Waals surface area contributed by atoms with Gasteiger partial charge in [-0.1, -0.05) is 12.1 Å². The van der Waals surface area contributed by atoms with Crippen molar-refractivity contribution in [3.05, 3.63) is 24.5 Å². The number of hydrogen-bond acceptors (Lipinski definition) is 4. The van der Waals surface area contributed by atoms with E-state index in [1.165, 1.54) is 4.90 Å². The van der Waals surface area contributed by atoms with Gasteiger partial charge in [0.2, 0.25) is 5.91 Å². The van der Waals surface area contributed by atoms with Gasteiger partial charge in [0.05, 0.1) is 11.9 Å². The predicted octanol–water partition coefficient (Wildman–Crippen LogP) is 1.21. The van der Waals surface area contributed by atoms with E-state index < -0.39 is 5.41 Å². The molecule has 19 heavy (non-hydrogen) atoms. The molecule has 0 aliphatic heterocycles. The molecule has 1 aromatic rings. The van der Waals surface area contributed by atoms with Crippen LogP contribution in [-0.2, 0) is 4.79 Å². The molecule has 0 unspecified atom stereocenters. The molecule has 0 radical (unpaired) electrons. The second-order valence-corrected chi connectivity index (χ2v) is 5.16. The van der Waals surface area contributed by atoms with E-state index in [1.807, 2.05) is 6.92 Å². The van der Waals surface area contributed by atoms with Crippen LogP contribution in [0.25, 0.3) is 0 Å². The molecule has 3 N–H and O–H groups in total. The highest BCUT2D eigenvalue weighted by Gasteiger charge is 2.53. The largest absolute Gasteiger partial charge is 0.409 e. The summed E-state index contributed by atoms with van der Waals surface area (Å²) in [5, 5.41) is 11.9. The van der Waals surface area contributed by atoms with E-state index in [9.17, 15) is 4.79 Å². The third kappa shape index (κ3) is 2.14. The summed E-state index contributed by atoms with van der Waals surface area (Å²) in [6.45, 7) is 2.04. The van der Waals surface area contributed by atoms with Crippen molar-refractivity contribution in [1.29, 1.82) is 0 Å². The lowest BCUT2D eigenvalue weighted by Gasteiger charge is -2.45. The molecule has 1 aromatic heterocycles. The molecular formula is C13H18N4O2. The molecule has 0 aromatic carbocycles. The summed E-state index contributed by atoms with van der Waals surface area (Å²) in [7, 11) is 1.68. The minimum Gasteiger partial charge on any atom is -0.409 e. The summed E-state index contributed by atoms with van der Waals surface area (Å²) in [4.78, 5) is 18.1. The number of oxime groups is 1. The first-order valence-electron chi connectivity index (χ1n) is 6.17. The molecule has 1 saturated carbocycles. The van der Waals surface area contributed by atoms with E-state index in [4.69, 9.17) is 10.9 Å². The van der Waals surface area contributed by atoms with Crippen LogP contribution in [-0.4, -0.2) is 29.0 Å². The van der Waals surface area contributed by atoms with Crippen molar-refractivity contribution in [2.45, 2.75) is 19.8 Å². The van der Waals surface area contributed by atoms with Crippen LogP contribution in [0.4, 0.5) is 5.69 Å². The van der Waals surface area contributed by atoms with Crippen LogP contribution in [0.2, 0.25) is 0 Å². The van der Waals surface area contributed by atoms with Gasteiger partial charge >= 0.3 is 0 Å². The molecule has 1 heterocycles. The quantitative estimate of drug-likeness (QED) is 0.370. The van der Waals surface area contributed by atoms with Crippen molar-refractivity contribution >= 4 is 17.4 Å². The number of aromatic nitrogens is 1. The highest BCUT2D eigenvalue weighted by Crippen LogP contribution is 2.47. The number of carbonyl (C=O) groups is 1. The lowest BCUT2D eigenvalue weighted by atomic mass is 9.61. The maximum atomic E-state index is 12.6. The van der Waals surface area contributed by atoms with Gasteiger partial charge in [-0.2, -0.15) is 0 Å². The molecule has 1 aliphatic carbocycles. The van der Waals surface area contributed by atoms with E-state index in [0.29, 0.717) is 24.4 Å². The molecule has 2 rings (SSSR count). The summed E-state index contributed by atoms with van der Waals surface area (Å²) in [5.41, 5.74) is 5.54. The maximum Gasteiger partial charge on any atom is 0.240 e. The fraction of sp³-hybridized carbons (Fsp3) is 0.462. The van der Waals surface area contributed by atoms with Crippen molar-refractivity contribution < 1.29 is 10.0 Å². The molecule has 6 nitrogen and oxygen atoms in total. The predicted molar refractivity (Wildman–Crippen MR) is 71.9 cm³/mol. The Balaban J connectivity index is 2.27. The number of rotatable bonds is 3. The zero-order valence-corrected chi connectivity index (χ0v) is 11.1. The zero-order valence-electron chi connectivity index (χ0n) is 11.1. The molecule has 102 valence electrons. The molecular weight excluding hydrogens is 244 g/mol. The number of nitrogens with two attached hydrogens (primary N) is 1. The summed E-state index contributed by atoms with van der Waals surface area (Å²) in [5.74, 6) is 0.229. The minimum atomic E-state index is -0.876. The van der Waals surface area contributed by atoms with Crippen LogP contribution in [0.1, 0.15) is 19.8 Å². The first-order valence-corrected chi connectivity index (χ1v) is 6.17. The Morgan fingerprint density at radius 1 is 1.63 bits per heavy atom. The highest BCUT2D eigenvalue weighted by atomic mass is 16.4. The molecule has 1 fully saturated rings. The van der Waals surface area contributed by atoms with Crippen LogP contribution < -0.4 is 10.6 Å². The molecule has 0 spiro atoms. The topological polar surface area (TPSA) is 91.8 Å². The van der Waals surface area contributed by atoms with Gasteiger partial charge in [0.15, 0.2) is 5.84 Å². The standard InChI is InChI=1S/C13H18N4O2/c1-9-6-13(7-9,11(14)16-19)12(18)17(2)10-4-3-5-15-8-10/h3-5,8-9,19H,6-7H2,1-2H3,(H2,14,16). The monoisotopic (exact) mass is 262 g/mol. The van der Waals surface area contributed by atoms with Crippen LogP contribution in [0.5, 0.6) is 0 Å². The fourth-order valence-electron chi connectivity index (χ4n) is 2.71. The average Bonchev–Trinajstić information content (AvgIpc) is 2.42. The average molecular weight is 262 g/mol. The fourth-order valence-corrected chi connectivity index (χ4v) is 2.71. The summed E-state index contributed by atoms with van der Waals surface area (Å²) in [6, 6.07) is 3.56. The van der Waals surface area contributed by atoms with Gasteiger partial charge in [-0.25, -0.2) is 0 Å². The zero-order chi connectivity index (χ0) is 14.0. The van der Waals surface area contributed by atoms with Crippen molar-refractivity contribution in [2.75, 3.05) is 11.9 Å². The Hall–Kier alpha value is -2.11. The van der Waals surface area contributed by atoms with E-state index in [0.717, 1.165) is 0 Å². The van der Waals surface area contributed by atoms with Crippen LogP contribution >= 0.6 is 0 Å². The minimum absolute atomic E-state index is 0.00802. The molecule has 6 heteroatoms. The number of carbonyl (C=O) groups excluding carboxylic acids is 1. The summed E-state index contributed by atoms with van der Waals surface area (Å²) < 4.78 is 0. The van der Waals surface area contributed by atoms with Gasteiger partial charge in [-0.05, 0) is 30.9 Å². The normalized spacial score (nSPS) is 26.6. The number of amides is 1. The number of pyridine rings is 1. The van der Waals surface area contributed by atoms with Gasteiger partial charge in [0, 0.05) is 13.2 Å². The molecule has 0 atom stereocenters. The second-order valence-electron chi connectivity index (χ2n) is 5.16. The van der Waals surface area contributed by atoms with E-state index in [2.05, 4.69) is 10.1 Å². The Bertz CT molecular complexity index is 495. The van der Waals surface area contributed by atoms with Gasteiger partial charge in [0.1, 0.15) is 5.41 Å². The van der Waals surface area contributed by atoms with E-state index >= 15 is 0 Å². The van der Waals surface area contributed by atoms with Gasteiger partial charge in [0.25, 0.3) is 0 Å². The Labute approximate surface area is 111 Å². The summed E-state index contributed by atoms with van der Waals surface area (Å²) in [6.07, 6.45) is 4.46. The first-order chi connectivity index (χ1) is 9.01. The van der Waals surface area contributed by atoms with Crippen molar-refractivity contribution in [1.82, 2.24) is 4.98 Å². The molecule has 1 aliphatic rings. The first kappa shape index (κ1) is 13.3. The lowest BCUT2D eigenvalue weighted by molar-refractivity contribution is -0.130. The van der Waals surface area contributed by atoms with Crippen molar-refractivity contribution in [2.24, 2.45) is 22.2 Å². The Kier molecular flexibility index (Phi) is 3.42. The third-order valence-corrected chi connectivity index (χ3v) is 3.74. The van der Waals surface area contributed by atoms with Crippen molar-refractivity contribution in [3.8, 4) is 0 Å². The summed E-state index contributed by atoms with van der Waals surface area (Å²) >= 11 is 0. The van der Waals surface area contributed by atoms with E-state index in [1.54, 1.807) is 31.6 Å². The maximum absolute atomic E-state index is 12.6. The molecule has 0 bridgehead atoms. The second kappa shape index (κ2) is 4.87. The Morgan fingerprint density at radius 2 is 2.32 bits per heavy atom. The Morgan fingerprint density at radius 3 is 2.79 bits per heavy atom. The van der Waals surface area contributed by atoms with E-state index in [-0.39, 0.29) is 11.7 Å². The molecule has 0 saturated heterocycles. The number of anilines is 1. The smallest absolute Gasteiger partial charge is 0.240 e. The third-order valence-electron chi connectivity index (χ3n) is 3.74. The van der Waals surface area contributed by atoms with Gasteiger partial charge in [-0.15, -0.1) is 0 Å². The van der Waals surface area contributed by atoms with Crippen LogP contribution in [0, 0.1) is 11.3 Å². The number of nitrogens with zero attached hydrogens (tertiary/aromatic N) is 3. The van der Waals surface area contributed by atoms with Gasteiger partial charge < -0.3 is 15.8 Å². The van der Waals surface area contributed by atoms with Gasteiger partial charge in [-0.3, -0.25) is 9.78 Å².